The van der Waals surface area contributed by atoms with Crippen LogP contribution in [0.4, 0.5) is 0 Å². The Morgan fingerprint density at radius 3 is 2.40 bits per heavy atom. The average Bonchev–Trinajstić information content (AvgIpc) is 2.76. The summed E-state index contributed by atoms with van der Waals surface area (Å²) >= 11 is 0. The third kappa shape index (κ3) is 3.08. The number of piperidine rings is 1. The van der Waals surface area contributed by atoms with Gasteiger partial charge in [-0.05, 0) is 82.7 Å². The SMILES string of the molecule is COc1cc2c3c(c4ccc(OC(C)=O)cc4c2cc1OC)CN1CCCCC1C3. The minimum absolute atomic E-state index is 0.313. The second-order valence-electron chi connectivity index (χ2n) is 8.34. The number of nitrogens with zero attached hydrogens (tertiary/aromatic N) is 1. The van der Waals surface area contributed by atoms with E-state index in [4.69, 9.17) is 14.2 Å². The first-order valence-electron chi connectivity index (χ1n) is 10.6. The van der Waals surface area contributed by atoms with E-state index in [-0.39, 0.29) is 5.97 Å². The van der Waals surface area contributed by atoms with Gasteiger partial charge in [0.2, 0.25) is 0 Å². The Hall–Kier alpha value is -2.79. The molecule has 1 saturated heterocycles. The number of benzene rings is 3. The summed E-state index contributed by atoms with van der Waals surface area (Å²) in [6, 6.07) is 10.8. The smallest absolute Gasteiger partial charge is 0.308 e. The summed E-state index contributed by atoms with van der Waals surface area (Å²) in [6.07, 6.45) is 4.91. The molecule has 0 bridgehead atoms. The maximum absolute atomic E-state index is 11.5. The summed E-state index contributed by atoms with van der Waals surface area (Å²) in [5, 5.41) is 4.63. The monoisotopic (exact) mass is 405 g/mol. The third-order valence-electron chi connectivity index (χ3n) is 6.63. The van der Waals surface area contributed by atoms with Gasteiger partial charge in [0.15, 0.2) is 11.5 Å². The highest BCUT2D eigenvalue weighted by atomic mass is 16.5. The molecule has 3 aromatic rings. The van der Waals surface area contributed by atoms with Crippen molar-refractivity contribution in [2.24, 2.45) is 0 Å². The van der Waals surface area contributed by atoms with E-state index in [1.165, 1.54) is 54.6 Å². The first-order chi connectivity index (χ1) is 14.6. The van der Waals surface area contributed by atoms with Crippen LogP contribution in [0.25, 0.3) is 21.5 Å². The first kappa shape index (κ1) is 19.2. The number of fused-ring (bicyclic) bond motifs is 7. The molecule has 156 valence electrons. The van der Waals surface area contributed by atoms with Crippen LogP contribution >= 0.6 is 0 Å². The van der Waals surface area contributed by atoms with Gasteiger partial charge in [-0.3, -0.25) is 9.69 Å². The van der Waals surface area contributed by atoms with Gasteiger partial charge in [-0.25, -0.2) is 0 Å². The van der Waals surface area contributed by atoms with Gasteiger partial charge in [0, 0.05) is 19.5 Å². The van der Waals surface area contributed by atoms with Crippen molar-refractivity contribution in [3.05, 3.63) is 41.5 Å². The zero-order valence-electron chi connectivity index (χ0n) is 17.8. The predicted octanol–water partition coefficient (Wildman–Crippen LogP) is 4.85. The standard InChI is InChI=1S/C25H27NO4/c1-15(27)30-17-7-8-18-20(11-17)22-13-25(29-3)24(28-2)12-21(22)19-10-16-6-4-5-9-26(16)14-23(18)19/h7-8,11-13,16H,4-6,9-10,14H2,1-3H3. The largest absolute Gasteiger partial charge is 0.493 e. The molecular formula is C25H27NO4. The van der Waals surface area contributed by atoms with Crippen molar-refractivity contribution < 1.29 is 19.0 Å². The molecule has 5 rings (SSSR count). The Balaban J connectivity index is 1.82. The lowest BCUT2D eigenvalue weighted by atomic mass is 9.82. The Morgan fingerprint density at radius 2 is 1.67 bits per heavy atom. The van der Waals surface area contributed by atoms with Crippen LogP contribution in [0.5, 0.6) is 17.2 Å². The fourth-order valence-corrected chi connectivity index (χ4v) is 5.27. The van der Waals surface area contributed by atoms with Gasteiger partial charge in [-0.2, -0.15) is 0 Å². The van der Waals surface area contributed by atoms with Gasteiger partial charge in [0.25, 0.3) is 0 Å². The molecule has 30 heavy (non-hydrogen) atoms. The van der Waals surface area contributed by atoms with E-state index in [2.05, 4.69) is 23.1 Å². The summed E-state index contributed by atoms with van der Waals surface area (Å²) in [5.74, 6) is 1.71. The number of esters is 1. The van der Waals surface area contributed by atoms with Crippen molar-refractivity contribution in [2.45, 2.75) is 45.2 Å². The van der Waals surface area contributed by atoms with Crippen molar-refractivity contribution in [2.75, 3.05) is 20.8 Å². The number of hydrogen-bond acceptors (Lipinski definition) is 5. The average molecular weight is 405 g/mol. The Labute approximate surface area is 176 Å². The zero-order chi connectivity index (χ0) is 20.8. The first-order valence-corrected chi connectivity index (χ1v) is 10.6. The lowest BCUT2D eigenvalue weighted by Gasteiger charge is -2.41. The summed E-state index contributed by atoms with van der Waals surface area (Å²) in [5.41, 5.74) is 2.80. The van der Waals surface area contributed by atoms with Crippen LogP contribution in [0.15, 0.2) is 30.3 Å². The molecule has 2 heterocycles. The molecule has 0 amide bonds. The van der Waals surface area contributed by atoms with Crippen molar-refractivity contribution >= 4 is 27.5 Å². The van der Waals surface area contributed by atoms with Gasteiger partial charge < -0.3 is 14.2 Å². The van der Waals surface area contributed by atoms with E-state index in [9.17, 15) is 4.79 Å². The van der Waals surface area contributed by atoms with E-state index in [0.717, 1.165) is 29.5 Å². The molecule has 0 N–H and O–H groups in total. The summed E-state index contributed by atoms with van der Waals surface area (Å²) < 4.78 is 16.6. The van der Waals surface area contributed by atoms with Crippen LogP contribution in [0.1, 0.15) is 37.3 Å². The van der Waals surface area contributed by atoms with E-state index < -0.39 is 0 Å². The van der Waals surface area contributed by atoms with E-state index in [1.807, 2.05) is 12.1 Å². The number of hydrogen-bond donors (Lipinski definition) is 0. The van der Waals surface area contributed by atoms with Crippen LogP contribution in [0, 0.1) is 0 Å². The minimum atomic E-state index is -0.313. The molecular weight excluding hydrogens is 378 g/mol. The number of methoxy groups -OCH3 is 2. The number of carbonyl (C=O) groups excluding carboxylic acids is 1. The van der Waals surface area contributed by atoms with Crippen LogP contribution in [-0.4, -0.2) is 37.7 Å². The maximum Gasteiger partial charge on any atom is 0.308 e. The zero-order valence-corrected chi connectivity index (χ0v) is 17.8. The fraction of sp³-hybridized carbons (Fsp3) is 0.400. The van der Waals surface area contributed by atoms with Gasteiger partial charge in [0.1, 0.15) is 5.75 Å². The Kier molecular flexibility index (Phi) is 4.78. The maximum atomic E-state index is 11.5. The van der Waals surface area contributed by atoms with Crippen LogP contribution < -0.4 is 14.2 Å². The molecule has 0 spiro atoms. The van der Waals surface area contributed by atoms with Crippen molar-refractivity contribution in [1.82, 2.24) is 4.90 Å². The number of rotatable bonds is 3. The molecule has 2 aliphatic rings. The fourth-order valence-electron chi connectivity index (χ4n) is 5.27. The molecule has 0 aromatic heterocycles. The van der Waals surface area contributed by atoms with E-state index >= 15 is 0 Å². The lowest BCUT2D eigenvalue weighted by molar-refractivity contribution is -0.131. The highest BCUT2D eigenvalue weighted by Crippen LogP contribution is 2.44. The van der Waals surface area contributed by atoms with Crippen LogP contribution in [0.3, 0.4) is 0 Å². The normalized spacial score (nSPS) is 18.7. The number of ether oxygens (including phenoxy) is 3. The number of carbonyl (C=O) groups is 1. The molecule has 1 atom stereocenters. The van der Waals surface area contributed by atoms with E-state index in [1.54, 1.807) is 14.2 Å². The quantitative estimate of drug-likeness (QED) is 0.354. The molecule has 0 aliphatic carbocycles. The molecule has 0 saturated carbocycles. The van der Waals surface area contributed by atoms with Crippen molar-refractivity contribution in [3.63, 3.8) is 0 Å². The van der Waals surface area contributed by atoms with Crippen molar-refractivity contribution in [3.8, 4) is 17.2 Å². The molecule has 5 heteroatoms. The van der Waals surface area contributed by atoms with Gasteiger partial charge in [-0.15, -0.1) is 0 Å². The van der Waals surface area contributed by atoms with Crippen molar-refractivity contribution in [1.29, 1.82) is 0 Å². The molecule has 0 radical (unpaired) electrons. The molecule has 1 fully saturated rings. The van der Waals surface area contributed by atoms with Crippen LogP contribution in [-0.2, 0) is 17.8 Å². The predicted molar refractivity (Wildman–Crippen MR) is 118 cm³/mol. The highest BCUT2D eigenvalue weighted by Gasteiger charge is 2.31. The second-order valence-corrected chi connectivity index (χ2v) is 8.34. The lowest BCUT2D eigenvalue weighted by Crippen LogP contribution is -2.43. The van der Waals surface area contributed by atoms with Gasteiger partial charge >= 0.3 is 5.97 Å². The highest BCUT2D eigenvalue weighted by molar-refractivity contribution is 6.12. The van der Waals surface area contributed by atoms with Crippen LogP contribution in [0.2, 0.25) is 0 Å². The van der Waals surface area contributed by atoms with Gasteiger partial charge in [-0.1, -0.05) is 12.5 Å². The molecule has 5 nitrogen and oxygen atoms in total. The molecule has 2 aliphatic heterocycles. The van der Waals surface area contributed by atoms with E-state index in [0.29, 0.717) is 17.5 Å². The molecule has 1 unspecified atom stereocenters. The third-order valence-corrected chi connectivity index (χ3v) is 6.63. The topological polar surface area (TPSA) is 48.0 Å². The second kappa shape index (κ2) is 7.47. The summed E-state index contributed by atoms with van der Waals surface area (Å²) in [6.45, 7) is 3.56. The summed E-state index contributed by atoms with van der Waals surface area (Å²) in [4.78, 5) is 14.2. The molecule has 3 aromatic carbocycles. The Bertz CT molecular complexity index is 1150. The minimum Gasteiger partial charge on any atom is -0.493 e. The Morgan fingerprint density at radius 1 is 0.933 bits per heavy atom. The summed E-state index contributed by atoms with van der Waals surface area (Å²) in [7, 11) is 3.34. The van der Waals surface area contributed by atoms with Gasteiger partial charge in [0.05, 0.1) is 14.2 Å².